The Labute approximate surface area is 197 Å². The summed E-state index contributed by atoms with van der Waals surface area (Å²) < 4.78 is 34.2. The van der Waals surface area contributed by atoms with Crippen molar-refractivity contribution in [2.24, 2.45) is 0 Å². The van der Waals surface area contributed by atoms with Gasteiger partial charge in [-0.3, -0.25) is 9.69 Å². The van der Waals surface area contributed by atoms with Gasteiger partial charge in [-0.2, -0.15) is 8.42 Å². The molecule has 0 saturated carbocycles. The zero-order chi connectivity index (χ0) is 24.5. The van der Waals surface area contributed by atoms with E-state index in [1.165, 1.54) is 7.11 Å². The molecule has 1 amide bonds. The quantitative estimate of drug-likeness (QED) is 0.312. The molecule has 0 bridgehead atoms. The molecule has 2 heterocycles. The normalized spacial score (nSPS) is 13.4. The standard InChI is InChI=1S/C23H27N3O7S/c1-32-20-11-16(21-17(12-24-23(21)29)22(20)33-34(2,30)31)19-10-15-9-14(3-4-18(15)25-19)13-26(5-7-27)6-8-28/h3-4,9-11,25,27-28H,5-8,12-13H2,1-2H3,(H,24,29). The minimum absolute atomic E-state index is 0.00456. The molecule has 182 valence electrons. The number of rotatable bonds is 10. The first-order valence-electron chi connectivity index (χ1n) is 10.7. The van der Waals surface area contributed by atoms with Gasteiger partial charge in [-0.1, -0.05) is 6.07 Å². The maximum absolute atomic E-state index is 12.7. The highest BCUT2D eigenvalue weighted by Gasteiger charge is 2.31. The van der Waals surface area contributed by atoms with Crippen LogP contribution in [0.3, 0.4) is 0 Å². The van der Waals surface area contributed by atoms with E-state index < -0.39 is 10.1 Å². The first-order chi connectivity index (χ1) is 16.2. The number of hydrogen-bond donors (Lipinski definition) is 4. The number of nitrogens with one attached hydrogen (secondary N) is 2. The molecular formula is C23H27N3O7S. The van der Waals surface area contributed by atoms with E-state index in [0.29, 0.717) is 42.0 Å². The molecule has 4 N–H and O–H groups in total. The lowest BCUT2D eigenvalue weighted by Gasteiger charge is -2.20. The van der Waals surface area contributed by atoms with Gasteiger partial charge in [0.1, 0.15) is 0 Å². The van der Waals surface area contributed by atoms with Crippen LogP contribution in [0.5, 0.6) is 11.5 Å². The molecule has 3 aromatic rings. The number of H-pyrrole nitrogens is 1. The summed E-state index contributed by atoms with van der Waals surface area (Å²) >= 11 is 0. The van der Waals surface area contributed by atoms with Gasteiger partial charge in [0.15, 0.2) is 11.5 Å². The van der Waals surface area contributed by atoms with Crippen LogP contribution in [0.1, 0.15) is 21.5 Å². The van der Waals surface area contributed by atoms with Crippen molar-refractivity contribution in [1.82, 2.24) is 15.2 Å². The van der Waals surface area contributed by atoms with E-state index in [1.54, 1.807) is 6.07 Å². The number of amides is 1. The molecule has 2 aromatic carbocycles. The van der Waals surface area contributed by atoms with Crippen LogP contribution in [0.15, 0.2) is 30.3 Å². The van der Waals surface area contributed by atoms with E-state index >= 15 is 0 Å². The van der Waals surface area contributed by atoms with Gasteiger partial charge in [-0.15, -0.1) is 0 Å². The number of hydrogen-bond acceptors (Lipinski definition) is 8. The minimum Gasteiger partial charge on any atom is -0.493 e. The van der Waals surface area contributed by atoms with Crippen LogP contribution in [-0.2, 0) is 23.2 Å². The summed E-state index contributed by atoms with van der Waals surface area (Å²) in [6, 6.07) is 9.42. The van der Waals surface area contributed by atoms with Crippen molar-refractivity contribution in [3.63, 3.8) is 0 Å². The predicted octanol–water partition coefficient (Wildman–Crippen LogP) is 1.21. The van der Waals surface area contributed by atoms with Crippen LogP contribution >= 0.6 is 0 Å². The number of aliphatic hydroxyl groups excluding tert-OH is 2. The lowest BCUT2D eigenvalue weighted by molar-refractivity contribution is 0.0966. The van der Waals surface area contributed by atoms with Gasteiger partial charge in [0.05, 0.1) is 32.1 Å². The molecule has 0 unspecified atom stereocenters. The van der Waals surface area contributed by atoms with Crippen molar-refractivity contribution in [3.05, 3.63) is 47.0 Å². The van der Waals surface area contributed by atoms with Crippen molar-refractivity contribution in [3.8, 4) is 22.8 Å². The second-order valence-electron chi connectivity index (χ2n) is 8.11. The molecular weight excluding hydrogens is 462 g/mol. The number of carbonyl (C=O) groups excluding carboxylic acids is 1. The lowest BCUT2D eigenvalue weighted by Crippen LogP contribution is -2.29. The Morgan fingerprint density at radius 1 is 1.12 bits per heavy atom. The number of ether oxygens (including phenoxy) is 1. The molecule has 0 saturated heterocycles. The van der Waals surface area contributed by atoms with E-state index in [0.717, 1.165) is 22.7 Å². The number of aromatic amines is 1. The predicted molar refractivity (Wildman–Crippen MR) is 126 cm³/mol. The number of aromatic nitrogens is 1. The summed E-state index contributed by atoms with van der Waals surface area (Å²) in [4.78, 5) is 18.0. The Hall–Kier alpha value is -3.12. The zero-order valence-corrected chi connectivity index (χ0v) is 19.7. The second-order valence-corrected chi connectivity index (χ2v) is 9.68. The lowest BCUT2D eigenvalue weighted by atomic mass is 9.98. The maximum Gasteiger partial charge on any atom is 0.306 e. The zero-order valence-electron chi connectivity index (χ0n) is 18.9. The third kappa shape index (κ3) is 4.87. The highest BCUT2D eigenvalue weighted by molar-refractivity contribution is 7.86. The summed E-state index contributed by atoms with van der Waals surface area (Å²) in [5, 5.41) is 22.2. The van der Waals surface area contributed by atoms with Crippen molar-refractivity contribution < 1.29 is 32.3 Å². The maximum atomic E-state index is 12.7. The smallest absolute Gasteiger partial charge is 0.306 e. The molecule has 0 spiro atoms. The molecule has 1 aliphatic rings. The Balaban J connectivity index is 1.77. The van der Waals surface area contributed by atoms with Crippen molar-refractivity contribution in [1.29, 1.82) is 0 Å². The number of benzene rings is 2. The third-order valence-corrected chi connectivity index (χ3v) is 6.14. The van der Waals surface area contributed by atoms with Crippen LogP contribution in [0.25, 0.3) is 22.2 Å². The largest absolute Gasteiger partial charge is 0.493 e. The molecule has 1 aromatic heterocycles. The fourth-order valence-corrected chi connectivity index (χ4v) is 4.71. The first kappa shape index (κ1) is 24.0. The monoisotopic (exact) mass is 489 g/mol. The number of methoxy groups -OCH3 is 1. The topological polar surface area (TPSA) is 141 Å². The van der Waals surface area contributed by atoms with E-state index in [2.05, 4.69) is 10.3 Å². The summed E-state index contributed by atoms with van der Waals surface area (Å²) in [6.07, 6.45) is 0.939. The van der Waals surface area contributed by atoms with Crippen molar-refractivity contribution in [2.75, 3.05) is 39.7 Å². The van der Waals surface area contributed by atoms with Gasteiger partial charge < -0.3 is 29.4 Å². The van der Waals surface area contributed by atoms with Gasteiger partial charge in [-0.25, -0.2) is 0 Å². The van der Waals surface area contributed by atoms with Gasteiger partial charge in [0.2, 0.25) is 0 Å². The van der Waals surface area contributed by atoms with Gasteiger partial charge in [0.25, 0.3) is 5.91 Å². The van der Waals surface area contributed by atoms with E-state index in [9.17, 15) is 23.4 Å². The SMILES string of the molecule is COc1cc(-c2cc3cc(CN(CCO)CCO)ccc3[nH]2)c2c(c1OS(C)(=O)=O)CNC2=O. The molecule has 0 atom stereocenters. The van der Waals surface area contributed by atoms with Crippen LogP contribution in [0.2, 0.25) is 0 Å². The van der Waals surface area contributed by atoms with E-state index in [4.69, 9.17) is 8.92 Å². The van der Waals surface area contributed by atoms with Gasteiger partial charge in [-0.05, 0) is 29.8 Å². The third-order valence-electron chi connectivity index (χ3n) is 5.67. The van der Waals surface area contributed by atoms with Crippen LogP contribution in [-0.4, -0.2) is 74.1 Å². The van der Waals surface area contributed by atoms with Gasteiger partial charge >= 0.3 is 10.1 Å². The fraction of sp³-hybridized carbons (Fsp3) is 0.348. The van der Waals surface area contributed by atoms with E-state index in [-0.39, 0.29) is 37.2 Å². The molecule has 11 heteroatoms. The second kappa shape index (κ2) is 9.63. The summed E-state index contributed by atoms with van der Waals surface area (Å²) in [6.45, 7) is 1.62. The van der Waals surface area contributed by atoms with Gasteiger partial charge in [0, 0.05) is 53.9 Å². The Kier molecular flexibility index (Phi) is 6.80. The molecule has 4 rings (SSSR count). The minimum atomic E-state index is -3.83. The van der Waals surface area contributed by atoms with E-state index in [1.807, 2.05) is 29.2 Å². The molecule has 0 fully saturated rings. The number of carbonyl (C=O) groups is 1. The highest BCUT2D eigenvalue weighted by atomic mass is 32.2. The molecule has 0 radical (unpaired) electrons. The summed E-state index contributed by atoms with van der Waals surface area (Å²) in [5.41, 5.74) is 3.88. The van der Waals surface area contributed by atoms with Crippen LogP contribution in [0, 0.1) is 0 Å². The van der Waals surface area contributed by atoms with Crippen LogP contribution in [0.4, 0.5) is 0 Å². The van der Waals surface area contributed by atoms with Crippen LogP contribution < -0.4 is 14.2 Å². The average Bonchev–Trinajstić information content (AvgIpc) is 3.37. The molecule has 10 nitrogen and oxygen atoms in total. The molecule has 1 aliphatic heterocycles. The molecule has 0 aliphatic carbocycles. The fourth-order valence-electron chi connectivity index (χ4n) is 4.22. The summed E-state index contributed by atoms with van der Waals surface area (Å²) in [5.74, 6) is -0.110. The molecule has 34 heavy (non-hydrogen) atoms. The average molecular weight is 490 g/mol. The summed E-state index contributed by atoms with van der Waals surface area (Å²) in [7, 11) is -2.42. The Morgan fingerprint density at radius 3 is 2.50 bits per heavy atom. The van der Waals surface area contributed by atoms with Crippen molar-refractivity contribution in [2.45, 2.75) is 13.1 Å². The number of aliphatic hydroxyl groups is 2. The number of nitrogens with zero attached hydrogens (tertiary/aromatic N) is 1. The Morgan fingerprint density at radius 2 is 1.85 bits per heavy atom. The van der Waals surface area contributed by atoms with Crippen molar-refractivity contribution >= 4 is 26.9 Å². The highest BCUT2D eigenvalue weighted by Crippen LogP contribution is 2.43. The Bertz CT molecular complexity index is 1330. The number of fused-ring (bicyclic) bond motifs is 2. The first-order valence-corrected chi connectivity index (χ1v) is 12.5.